The lowest BCUT2D eigenvalue weighted by atomic mass is 10.1. The highest BCUT2D eigenvalue weighted by Crippen LogP contribution is 2.16. The molecule has 0 unspecified atom stereocenters. The molecule has 1 aromatic carbocycles. The molecule has 5 nitrogen and oxygen atoms in total. The van der Waals surface area contributed by atoms with Crippen molar-refractivity contribution in [3.8, 4) is 11.4 Å². The molecule has 0 amide bonds. The maximum Gasteiger partial charge on any atom is 0.375 e. The fraction of sp³-hybridized carbons (Fsp3) is 0.294. The van der Waals surface area contributed by atoms with E-state index in [2.05, 4.69) is 9.97 Å². The normalized spacial score (nSPS) is 11.0. The molecule has 2 rings (SSSR count). The van der Waals surface area contributed by atoms with Crippen LogP contribution in [0.25, 0.3) is 11.4 Å². The minimum Gasteiger partial charge on any atom is -0.454 e. The lowest BCUT2D eigenvalue weighted by molar-refractivity contribution is -0.162. The van der Waals surface area contributed by atoms with Crippen molar-refractivity contribution in [2.45, 2.75) is 32.8 Å². The van der Waals surface area contributed by atoms with Gasteiger partial charge >= 0.3 is 5.97 Å². The van der Waals surface area contributed by atoms with Gasteiger partial charge in [-0.2, -0.15) is 0 Å². The predicted octanol–water partition coefficient (Wildman–Crippen LogP) is 2.60. The molecule has 0 N–H and O–H groups in total. The van der Waals surface area contributed by atoms with E-state index in [4.69, 9.17) is 4.74 Å². The van der Waals surface area contributed by atoms with Crippen LogP contribution < -0.4 is 0 Å². The van der Waals surface area contributed by atoms with Gasteiger partial charge in [-0.1, -0.05) is 18.2 Å². The first-order chi connectivity index (χ1) is 10.3. The molecule has 0 aliphatic rings. The van der Waals surface area contributed by atoms with E-state index in [-0.39, 0.29) is 6.42 Å². The van der Waals surface area contributed by atoms with Crippen LogP contribution in [0.5, 0.6) is 0 Å². The Kier molecular flexibility index (Phi) is 4.65. The quantitative estimate of drug-likeness (QED) is 0.641. The Morgan fingerprint density at radius 2 is 1.77 bits per heavy atom. The van der Waals surface area contributed by atoms with Gasteiger partial charge in [0.25, 0.3) is 0 Å². The summed E-state index contributed by atoms with van der Waals surface area (Å²) in [5.74, 6) is -0.802. The fourth-order valence-electron chi connectivity index (χ4n) is 1.86. The highest BCUT2D eigenvalue weighted by atomic mass is 16.6. The van der Waals surface area contributed by atoms with Gasteiger partial charge in [0.1, 0.15) is 5.60 Å². The molecular formula is C17H18N2O3. The third-order valence-electron chi connectivity index (χ3n) is 2.74. The molecule has 0 saturated heterocycles. The summed E-state index contributed by atoms with van der Waals surface area (Å²) in [5, 5.41) is 0. The molecule has 0 bridgehead atoms. The van der Waals surface area contributed by atoms with E-state index >= 15 is 0 Å². The van der Waals surface area contributed by atoms with E-state index in [1.165, 1.54) is 0 Å². The van der Waals surface area contributed by atoms with Gasteiger partial charge in [0, 0.05) is 24.4 Å². The molecule has 0 radical (unpaired) electrons. The zero-order valence-electron chi connectivity index (χ0n) is 12.9. The molecule has 2 aromatic rings. The number of aromatic nitrogens is 2. The van der Waals surface area contributed by atoms with Gasteiger partial charge in [-0.15, -0.1) is 0 Å². The Morgan fingerprint density at radius 3 is 2.41 bits per heavy atom. The zero-order chi connectivity index (χ0) is 16.2. The van der Waals surface area contributed by atoms with E-state index in [1.54, 1.807) is 51.4 Å². The summed E-state index contributed by atoms with van der Waals surface area (Å²) in [6, 6.07) is 8.99. The molecule has 0 spiro atoms. The van der Waals surface area contributed by atoms with E-state index < -0.39 is 17.4 Å². The van der Waals surface area contributed by atoms with Crippen LogP contribution in [0.15, 0.2) is 42.7 Å². The number of esters is 1. The van der Waals surface area contributed by atoms with Gasteiger partial charge in [-0.05, 0) is 38.5 Å². The molecule has 0 atom stereocenters. The van der Waals surface area contributed by atoms with Crippen molar-refractivity contribution in [1.29, 1.82) is 0 Å². The largest absolute Gasteiger partial charge is 0.454 e. The minimum atomic E-state index is -0.811. The molecule has 0 saturated carbocycles. The van der Waals surface area contributed by atoms with Crippen molar-refractivity contribution >= 4 is 11.8 Å². The van der Waals surface area contributed by atoms with Crippen LogP contribution in [0.1, 0.15) is 26.3 Å². The van der Waals surface area contributed by atoms with Gasteiger partial charge in [-0.25, -0.2) is 14.8 Å². The molecule has 114 valence electrons. The highest BCUT2D eigenvalue weighted by molar-refractivity contribution is 6.34. The molecular weight excluding hydrogens is 280 g/mol. The van der Waals surface area contributed by atoms with Gasteiger partial charge < -0.3 is 4.74 Å². The number of hydrogen-bond acceptors (Lipinski definition) is 5. The number of carbonyl (C=O) groups excluding carboxylic acids is 2. The summed E-state index contributed by atoms with van der Waals surface area (Å²) in [6.45, 7) is 5.18. The number of Topliss-reactive ketones (excluding diaryl/α,β-unsaturated/α-hetero) is 1. The van der Waals surface area contributed by atoms with Crippen LogP contribution in [0.2, 0.25) is 0 Å². The zero-order valence-corrected chi connectivity index (χ0v) is 12.9. The minimum absolute atomic E-state index is 0.00438. The lowest BCUT2D eigenvalue weighted by Gasteiger charge is -2.18. The Balaban J connectivity index is 2.11. The van der Waals surface area contributed by atoms with Crippen LogP contribution in [-0.4, -0.2) is 27.3 Å². The number of nitrogens with zero attached hydrogens (tertiary/aromatic N) is 2. The molecule has 1 heterocycles. The van der Waals surface area contributed by atoms with Crippen molar-refractivity contribution in [2.24, 2.45) is 0 Å². The maximum absolute atomic E-state index is 11.9. The average molecular weight is 298 g/mol. The molecule has 0 aliphatic carbocycles. The first-order valence-corrected chi connectivity index (χ1v) is 6.98. The molecule has 0 aliphatic heterocycles. The number of hydrogen-bond donors (Lipinski definition) is 0. The van der Waals surface area contributed by atoms with E-state index in [1.807, 2.05) is 12.1 Å². The predicted molar refractivity (Wildman–Crippen MR) is 82.0 cm³/mol. The third-order valence-corrected chi connectivity index (χ3v) is 2.74. The van der Waals surface area contributed by atoms with Crippen LogP contribution >= 0.6 is 0 Å². The smallest absolute Gasteiger partial charge is 0.375 e. The number of rotatable bonds is 4. The third kappa shape index (κ3) is 4.48. The summed E-state index contributed by atoms with van der Waals surface area (Å²) in [6.07, 6.45) is 3.30. The lowest BCUT2D eigenvalue weighted by Crippen LogP contribution is -2.29. The Labute approximate surface area is 129 Å². The van der Waals surface area contributed by atoms with E-state index in [0.29, 0.717) is 5.82 Å². The van der Waals surface area contributed by atoms with Crippen LogP contribution in [-0.2, 0) is 20.7 Å². The van der Waals surface area contributed by atoms with E-state index in [0.717, 1.165) is 11.1 Å². The second-order valence-corrected chi connectivity index (χ2v) is 5.87. The Morgan fingerprint density at radius 1 is 1.09 bits per heavy atom. The summed E-state index contributed by atoms with van der Waals surface area (Å²) in [7, 11) is 0. The van der Waals surface area contributed by atoms with Crippen LogP contribution in [0, 0.1) is 0 Å². The summed E-state index contributed by atoms with van der Waals surface area (Å²) in [5.41, 5.74) is 0.850. The van der Waals surface area contributed by atoms with Crippen molar-refractivity contribution in [1.82, 2.24) is 9.97 Å². The van der Waals surface area contributed by atoms with Crippen LogP contribution in [0.3, 0.4) is 0 Å². The number of carbonyl (C=O) groups is 2. The van der Waals surface area contributed by atoms with Gasteiger partial charge in [0.15, 0.2) is 5.82 Å². The Bertz CT molecular complexity index is 676. The van der Waals surface area contributed by atoms with Crippen molar-refractivity contribution < 1.29 is 14.3 Å². The van der Waals surface area contributed by atoms with Crippen molar-refractivity contribution in [3.63, 3.8) is 0 Å². The van der Waals surface area contributed by atoms with Crippen molar-refractivity contribution in [2.75, 3.05) is 0 Å². The van der Waals surface area contributed by atoms with Crippen LogP contribution in [0.4, 0.5) is 0 Å². The number of ether oxygens (including phenoxy) is 1. The highest BCUT2D eigenvalue weighted by Gasteiger charge is 2.22. The standard InChI is InChI=1S/C17H18N2O3/c1-17(2,3)22-16(21)14(20)11-12-6-4-7-13(10-12)15-18-8-5-9-19-15/h4-10H,11H2,1-3H3. The average Bonchev–Trinajstić information content (AvgIpc) is 2.46. The summed E-state index contributed by atoms with van der Waals surface area (Å²) in [4.78, 5) is 32.0. The fourth-order valence-corrected chi connectivity index (χ4v) is 1.86. The van der Waals surface area contributed by atoms with Gasteiger partial charge in [0.2, 0.25) is 5.78 Å². The first-order valence-electron chi connectivity index (χ1n) is 6.98. The SMILES string of the molecule is CC(C)(C)OC(=O)C(=O)Cc1cccc(-c2ncccn2)c1. The Hall–Kier alpha value is -2.56. The van der Waals surface area contributed by atoms with Gasteiger partial charge in [-0.3, -0.25) is 4.79 Å². The second-order valence-electron chi connectivity index (χ2n) is 5.87. The van der Waals surface area contributed by atoms with E-state index in [9.17, 15) is 9.59 Å². The maximum atomic E-state index is 11.9. The molecule has 1 aromatic heterocycles. The van der Waals surface area contributed by atoms with Gasteiger partial charge in [0.05, 0.1) is 0 Å². The summed E-state index contributed by atoms with van der Waals surface area (Å²) < 4.78 is 5.07. The molecule has 22 heavy (non-hydrogen) atoms. The second kappa shape index (κ2) is 6.47. The number of benzene rings is 1. The topological polar surface area (TPSA) is 69.2 Å². The first kappa shape index (κ1) is 15.8. The summed E-state index contributed by atoms with van der Waals surface area (Å²) >= 11 is 0. The monoisotopic (exact) mass is 298 g/mol. The molecule has 0 fully saturated rings. The molecule has 5 heteroatoms. The number of ketones is 1. The van der Waals surface area contributed by atoms with Crippen molar-refractivity contribution in [3.05, 3.63) is 48.3 Å².